The molecule has 5 aromatic rings. The van der Waals surface area contributed by atoms with Gasteiger partial charge >= 0.3 is 0 Å². The maximum Gasteiger partial charge on any atom is 0.216 e. The fourth-order valence-electron chi connectivity index (χ4n) is 5.64. The van der Waals surface area contributed by atoms with E-state index >= 15 is 0 Å². The molecule has 1 saturated carbocycles. The van der Waals surface area contributed by atoms with Gasteiger partial charge in [0.25, 0.3) is 0 Å². The number of furan rings is 1. The number of rotatable bonds is 3. The van der Waals surface area contributed by atoms with E-state index < -0.39 is 5.89 Å². The molecule has 0 saturated heterocycles. The lowest BCUT2D eigenvalue weighted by atomic mass is 9.81. The lowest BCUT2D eigenvalue weighted by molar-refractivity contribution is -0.660. The quantitative estimate of drug-likeness (QED) is 0.257. The van der Waals surface area contributed by atoms with Crippen LogP contribution < -0.4 is 4.57 Å². The Labute approximate surface area is 207 Å². The molecule has 6 rings (SSSR count). The van der Waals surface area contributed by atoms with Crippen molar-refractivity contribution in [2.45, 2.75) is 44.9 Å². The fourth-order valence-corrected chi connectivity index (χ4v) is 5.64. The van der Waals surface area contributed by atoms with Crippen molar-refractivity contribution in [2.75, 3.05) is 0 Å². The van der Waals surface area contributed by atoms with E-state index in [2.05, 4.69) is 79.3 Å². The third-order valence-corrected chi connectivity index (χ3v) is 7.48. The molecule has 1 aliphatic carbocycles. The molecular weight excluding hydrogens is 428 g/mol. The van der Waals surface area contributed by atoms with Crippen molar-refractivity contribution >= 4 is 21.9 Å². The van der Waals surface area contributed by atoms with E-state index in [1.54, 1.807) is 0 Å². The van der Waals surface area contributed by atoms with Gasteiger partial charge in [-0.15, -0.1) is 0 Å². The molecule has 1 fully saturated rings. The van der Waals surface area contributed by atoms with Crippen molar-refractivity contribution in [1.82, 2.24) is 0 Å². The number of pyridine rings is 1. The molecule has 0 aliphatic heterocycles. The van der Waals surface area contributed by atoms with Crippen LogP contribution in [0.2, 0.25) is 0 Å². The van der Waals surface area contributed by atoms with Crippen LogP contribution in [-0.4, -0.2) is 0 Å². The summed E-state index contributed by atoms with van der Waals surface area (Å²) in [6, 6.07) is 25.1. The number of hydrogen-bond acceptors (Lipinski definition) is 2. The van der Waals surface area contributed by atoms with E-state index in [-0.39, 0.29) is 0 Å². The second-order valence-electron chi connectivity index (χ2n) is 9.65. The van der Waals surface area contributed by atoms with Crippen LogP contribution in [0.25, 0.3) is 44.3 Å². The molecule has 2 heterocycles. The van der Waals surface area contributed by atoms with Gasteiger partial charge in [0.05, 0.1) is 17.2 Å². The first-order valence-corrected chi connectivity index (χ1v) is 12.4. The molecule has 0 bridgehead atoms. The van der Waals surface area contributed by atoms with Crippen LogP contribution in [-0.2, 0) is 7.05 Å². The highest BCUT2D eigenvalue weighted by molar-refractivity contribution is 6.13. The van der Waals surface area contributed by atoms with Crippen LogP contribution >= 0.6 is 0 Å². The molecular formula is C32H29N2O+. The van der Waals surface area contributed by atoms with Crippen molar-refractivity contribution in [1.29, 1.82) is 5.26 Å². The summed E-state index contributed by atoms with van der Waals surface area (Å²) in [5.41, 5.74) is 8.56. The Morgan fingerprint density at radius 2 is 1.77 bits per heavy atom. The number of nitriles is 1. The summed E-state index contributed by atoms with van der Waals surface area (Å²) < 4.78 is 18.0. The number of benzene rings is 3. The highest BCUT2D eigenvalue weighted by atomic mass is 16.3. The van der Waals surface area contributed by atoms with Gasteiger partial charge in [0.15, 0.2) is 6.20 Å². The predicted molar refractivity (Wildman–Crippen MR) is 141 cm³/mol. The smallest absolute Gasteiger partial charge is 0.216 e. The SMILES string of the molecule is [2H]C1(c2cc(-c3cccc4c3oc3c(-c5cccc[n+]5C)c(C)ccc34)ccc2C#N)CCCCC1. The molecule has 35 heavy (non-hydrogen) atoms. The second-order valence-corrected chi connectivity index (χ2v) is 9.65. The Morgan fingerprint density at radius 3 is 2.57 bits per heavy atom. The Bertz CT molecular complexity index is 1670. The zero-order valence-corrected chi connectivity index (χ0v) is 20.3. The lowest BCUT2D eigenvalue weighted by Crippen LogP contribution is -2.30. The highest BCUT2D eigenvalue weighted by Gasteiger charge is 2.23. The summed E-state index contributed by atoms with van der Waals surface area (Å²) >= 11 is 0. The molecule has 0 atom stereocenters. The topological polar surface area (TPSA) is 40.8 Å². The first-order valence-electron chi connectivity index (χ1n) is 12.9. The Balaban J connectivity index is 1.59. The standard InChI is InChI=1S/C32H29N2O/c1-21-14-17-27-26-12-8-11-25(31(26)35-32(27)30(21)29-13-6-7-18-34(29)2)23-15-16-24(20-33)28(19-23)22-9-4-3-5-10-22/h6-8,11-19,22H,3-5,9-10H2,1-2H3/q+1/i22D. The van der Waals surface area contributed by atoms with Gasteiger partial charge in [-0.05, 0) is 60.5 Å². The number of aryl methyl sites for hydroxylation is 2. The largest absolute Gasteiger partial charge is 0.454 e. The molecule has 1 aliphatic rings. The minimum Gasteiger partial charge on any atom is -0.454 e. The first kappa shape index (κ1) is 20.5. The Kier molecular flexibility index (Phi) is 5.09. The first-order chi connectivity index (χ1) is 17.5. The Morgan fingerprint density at radius 1 is 0.943 bits per heavy atom. The van der Waals surface area contributed by atoms with Crippen LogP contribution in [0.5, 0.6) is 0 Å². The molecule has 0 N–H and O–H groups in total. The summed E-state index contributed by atoms with van der Waals surface area (Å²) in [5.74, 6) is -0.701. The van der Waals surface area contributed by atoms with Gasteiger partial charge in [-0.1, -0.05) is 55.7 Å². The van der Waals surface area contributed by atoms with Crippen LogP contribution in [0, 0.1) is 18.3 Å². The maximum atomic E-state index is 9.83. The van der Waals surface area contributed by atoms with Crippen LogP contribution in [0.4, 0.5) is 0 Å². The zero-order valence-electron chi connectivity index (χ0n) is 21.3. The number of fused-ring (bicyclic) bond motifs is 3. The van der Waals surface area contributed by atoms with E-state index in [9.17, 15) is 6.63 Å². The monoisotopic (exact) mass is 458 g/mol. The van der Waals surface area contributed by atoms with E-state index in [1.165, 1.54) is 12.0 Å². The number of nitrogens with zero attached hydrogens (tertiary/aromatic N) is 2. The van der Waals surface area contributed by atoms with Gasteiger partial charge in [-0.2, -0.15) is 5.26 Å². The average molecular weight is 459 g/mol. The van der Waals surface area contributed by atoms with Crippen molar-refractivity contribution in [3.8, 4) is 28.5 Å². The van der Waals surface area contributed by atoms with E-state index in [1.807, 2.05) is 18.2 Å². The summed E-state index contributed by atoms with van der Waals surface area (Å²) in [5, 5.41) is 12.0. The van der Waals surface area contributed by atoms with Gasteiger partial charge in [0.1, 0.15) is 18.2 Å². The van der Waals surface area contributed by atoms with E-state index in [4.69, 9.17) is 4.42 Å². The third kappa shape index (κ3) is 3.61. The van der Waals surface area contributed by atoms with Gasteiger partial charge in [-0.3, -0.25) is 0 Å². The summed E-state index contributed by atoms with van der Waals surface area (Å²) in [6.45, 7) is 2.13. The molecule has 3 aromatic carbocycles. The number of aromatic nitrogens is 1. The van der Waals surface area contributed by atoms with Crippen molar-refractivity contribution in [3.05, 3.63) is 89.6 Å². The van der Waals surface area contributed by atoms with Crippen LogP contribution in [0.1, 0.15) is 56.1 Å². The average Bonchev–Trinajstić information content (AvgIpc) is 3.28. The summed E-state index contributed by atoms with van der Waals surface area (Å²) in [4.78, 5) is 0. The lowest BCUT2D eigenvalue weighted by Gasteiger charge is -2.23. The van der Waals surface area contributed by atoms with Crippen LogP contribution in [0.3, 0.4) is 0 Å². The Hall–Kier alpha value is -3.90. The zero-order chi connectivity index (χ0) is 24.9. The molecule has 0 unspecified atom stereocenters. The normalized spacial score (nSPS) is 15.7. The molecule has 0 spiro atoms. The minimum absolute atomic E-state index is 0.613. The molecule has 0 radical (unpaired) electrons. The summed E-state index contributed by atoms with van der Waals surface area (Å²) in [6.07, 6.45) is 6.91. The number of hydrogen-bond donors (Lipinski definition) is 0. The van der Waals surface area contributed by atoms with Gasteiger partial charge in [0, 0.05) is 29.8 Å². The second kappa shape index (κ2) is 8.71. The molecule has 0 amide bonds. The molecule has 172 valence electrons. The fraction of sp³-hybridized carbons (Fsp3) is 0.250. The van der Waals surface area contributed by atoms with E-state index in [0.29, 0.717) is 5.56 Å². The molecule has 3 heteroatoms. The van der Waals surface area contributed by atoms with Gasteiger partial charge < -0.3 is 4.42 Å². The van der Waals surface area contributed by atoms with Crippen molar-refractivity contribution < 1.29 is 10.4 Å². The van der Waals surface area contributed by atoms with Crippen LogP contribution in [0.15, 0.2) is 77.3 Å². The minimum atomic E-state index is -0.701. The molecule has 2 aromatic heterocycles. The predicted octanol–water partition coefficient (Wildman–Crippen LogP) is 7.97. The summed E-state index contributed by atoms with van der Waals surface area (Å²) in [7, 11) is 2.06. The highest BCUT2D eigenvalue weighted by Crippen LogP contribution is 2.42. The van der Waals surface area contributed by atoms with E-state index in [0.717, 1.165) is 75.6 Å². The van der Waals surface area contributed by atoms with Crippen molar-refractivity contribution in [2.24, 2.45) is 7.05 Å². The number of para-hydroxylation sites is 1. The van der Waals surface area contributed by atoms with Crippen molar-refractivity contribution in [3.63, 3.8) is 0 Å². The maximum absolute atomic E-state index is 9.83. The van der Waals surface area contributed by atoms with Gasteiger partial charge in [0.2, 0.25) is 5.69 Å². The third-order valence-electron chi connectivity index (χ3n) is 7.48. The van der Waals surface area contributed by atoms with Gasteiger partial charge in [-0.25, -0.2) is 4.57 Å². The molecule has 3 nitrogen and oxygen atoms in total.